The molecular weight excluding hydrogens is 1410 g/mol. The van der Waals surface area contributed by atoms with Gasteiger partial charge in [0.2, 0.25) is 0 Å². The Bertz CT molecular complexity index is 4230. The standard InChI is InChI=1S/3C18H30.2C14H22.2C12H18.C11H16/c1-16(2,3)13-10-14(17(4,5)6)12-15(11-13)18(7,8)9;2*1-16(2,3)13-10-11-14(17(4,5)6)15(12-13)18(7,8)9;1-13(2,3)11-7-9-12(10-8-11)14(4,5)6;1-13(2,3)11-9-7-8-10-12(11)14(4,5)6;2*1-9-7-6-8-10(2)11(9)12(3,4)5;1-9-6-5-7-10(8-9)11(2,3)4/h3*10-12H,1-9H3;2*7-10H,1-6H3;2*6-8H,1-5H3;5-8H,1-4H3/i;;;;;;;5D,6D,7D,8D. The molecule has 0 fully saturated rings. The summed E-state index contributed by atoms with van der Waals surface area (Å²) in [5.74, 6) is 0. The molecule has 654 valence electrons. The van der Waals surface area contributed by atoms with Crippen LogP contribution in [0.4, 0.5) is 0 Å². The van der Waals surface area contributed by atoms with Crippen LogP contribution in [0.1, 0.15) is 455 Å². The summed E-state index contributed by atoms with van der Waals surface area (Å²) in [6.07, 6.45) is 0. The minimum Gasteiger partial charge on any atom is -0.0620 e. The molecule has 0 nitrogen and oxygen atoms in total. The van der Waals surface area contributed by atoms with Crippen molar-refractivity contribution in [2.45, 2.75) is 454 Å². The largest absolute Gasteiger partial charge is 0.0629 e. The third-order valence-corrected chi connectivity index (χ3v) is 21.7. The van der Waals surface area contributed by atoms with E-state index in [2.05, 4.69) is 479 Å². The van der Waals surface area contributed by atoms with E-state index in [4.69, 9.17) is 5.48 Å². The van der Waals surface area contributed by atoms with E-state index in [0.717, 1.165) is 0 Å². The molecule has 0 N–H and O–H groups in total. The van der Waals surface area contributed by atoms with E-state index >= 15 is 0 Å². The first kappa shape index (κ1) is 101. The highest BCUT2D eigenvalue weighted by Crippen LogP contribution is 2.42. The van der Waals surface area contributed by atoms with Crippen molar-refractivity contribution in [2.24, 2.45) is 0 Å². The molecule has 0 aliphatic carbocycles. The Hall–Kier alpha value is -6.24. The van der Waals surface area contributed by atoms with Crippen molar-refractivity contribution in [3.05, 3.63) is 281 Å². The molecule has 0 aliphatic rings. The highest BCUT2D eigenvalue weighted by Gasteiger charge is 2.31. The summed E-state index contributed by atoms with van der Waals surface area (Å²) in [7, 11) is 0. The van der Waals surface area contributed by atoms with Crippen molar-refractivity contribution in [2.75, 3.05) is 0 Å². The highest BCUT2D eigenvalue weighted by molar-refractivity contribution is 5.46. The van der Waals surface area contributed by atoms with Gasteiger partial charge in [0, 0.05) is 0 Å². The van der Waals surface area contributed by atoms with Gasteiger partial charge in [-0.2, -0.15) is 0 Å². The van der Waals surface area contributed by atoms with E-state index in [9.17, 15) is 0 Å². The van der Waals surface area contributed by atoms with Gasteiger partial charge in [0.15, 0.2) is 0 Å². The number of hydrogen-bond acceptors (Lipinski definition) is 0. The van der Waals surface area contributed by atoms with Crippen LogP contribution in [0.3, 0.4) is 0 Å². The summed E-state index contributed by atoms with van der Waals surface area (Å²) >= 11 is 0. The first-order valence-corrected chi connectivity index (χ1v) is 44.3. The molecule has 0 unspecified atom stereocenters. The molecular formula is C117H186. The third-order valence-electron chi connectivity index (χ3n) is 21.7. The molecule has 8 aromatic carbocycles. The lowest BCUT2D eigenvalue weighted by molar-refractivity contribution is 0.523. The molecule has 0 aromatic heterocycles. The van der Waals surface area contributed by atoms with Crippen molar-refractivity contribution in [1.29, 1.82) is 0 Å². The molecule has 8 aromatic rings. The smallest absolute Gasteiger partial charge is 0.0620 e. The maximum Gasteiger partial charge on any atom is 0.0629 e. The van der Waals surface area contributed by atoms with Gasteiger partial charge in [-0.3, -0.25) is 0 Å². The van der Waals surface area contributed by atoms with E-state index in [1.807, 2.05) is 20.8 Å². The van der Waals surface area contributed by atoms with Crippen LogP contribution in [0.2, 0.25) is 0 Å². The highest BCUT2D eigenvalue weighted by atomic mass is 14.4. The van der Waals surface area contributed by atoms with Crippen LogP contribution in [-0.2, 0) is 86.6 Å². The van der Waals surface area contributed by atoms with Gasteiger partial charge in [-0.05, 0) is 233 Å². The second-order valence-corrected chi connectivity index (χ2v) is 50.5. The van der Waals surface area contributed by atoms with Crippen molar-refractivity contribution in [1.82, 2.24) is 0 Å². The molecule has 0 heterocycles. The van der Waals surface area contributed by atoms with Crippen molar-refractivity contribution in [3.63, 3.8) is 0 Å². The molecule has 8 rings (SSSR count). The van der Waals surface area contributed by atoms with E-state index in [0.29, 0.717) is 11.1 Å². The SMILES string of the molecule is CC(C)(C)c1cc(C(C)(C)C)cc(C(C)(C)C)c1.CC(C)(C)c1ccc(C(C)(C)C)c(C(C)(C)C)c1.CC(C)(C)c1ccc(C(C)(C)C)c(C(C)(C)C)c1.CC(C)(C)c1ccc(C(C)(C)C)cc1.CC(C)(C)c1ccccc1C(C)(C)C.Cc1cccc(C)c1C(C)(C)C.Cc1cccc(C)c1C(C)(C)C.[2H]c1c([2H])c(C)c([2H])c(C(C)(C)C)c1[2H]. The van der Waals surface area contributed by atoms with Crippen LogP contribution >= 0.6 is 0 Å². The predicted molar refractivity (Wildman–Crippen MR) is 534 cm³/mol. The summed E-state index contributed by atoms with van der Waals surface area (Å²) in [4.78, 5) is 0. The molecule has 0 atom stereocenters. The number of hydrogen-bond donors (Lipinski definition) is 0. The minimum atomic E-state index is -0.331. The lowest BCUT2D eigenvalue weighted by Crippen LogP contribution is -2.23. The van der Waals surface area contributed by atoms with Gasteiger partial charge < -0.3 is 0 Å². The maximum atomic E-state index is 7.91. The summed E-state index contributed by atoms with van der Waals surface area (Å²) in [5.41, 5.74) is 31.6. The van der Waals surface area contributed by atoms with E-state index in [1.54, 1.807) is 6.92 Å². The Kier molecular flexibility index (Phi) is 34.8. The summed E-state index contributed by atoms with van der Waals surface area (Å²) in [6, 6.07) is 52.2. The predicted octanol–water partition coefficient (Wildman–Crippen LogP) is 35.8. The van der Waals surface area contributed by atoms with Crippen LogP contribution in [0, 0.1) is 34.6 Å². The fourth-order valence-electron chi connectivity index (χ4n) is 14.6. The van der Waals surface area contributed by atoms with E-state index < -0.39 is 0 Å². The lowest BCUT2D eigenvalue weighted by atomic mass is 9.73. The van der Waals surface area contributed by atoms with Crippen LogP contribution in [0.5, 0.6) is 0 Å². The molecule has 0 saturated heterocycles. The number of benzene rings is 8. The normalized spacial score (nSPS) is 13.5. The number of rotatable bonds is 0. The topological polar surface area (TPSA) is 0 Å². The van der Waals surface area contributed by atoms with E-state index in [-0.39, 0.29) is 111 Å². The molecule has 0 spiro atoms. The molecule has 0 heteroatoms. The van der Waals surface area contributed by atoms with Gasteiger partial charge in [0.1, 0.15) is 0 Å². The Morgan fingerprint density at radius 2 is 0.376 bits per heavy atom. The zero-order valence-corrected chi connectivity index (χ0v) is 86.8. The second kappa shape index (κ2) is 40.2. The molecule has 0 bridgehead atoms. The molecule has 117 heavy (non-hydrogen) atoms. The number of aryl methyl sites for hydroxylation is 4. The van der Waals surface area contributed by atoms with Crippen molar-refractivity contribution >= 4 is 0 Å². The van der Waals surface area contributed by atoms with Crippen molar-refractivity contribution < 1.29 is 5.48 Å². The van der Waals surface area contributed by atoms with Gasteiger partial charge >= 0.3 is 0 Å². The zero-order valence-electron chi connectivity index (χ0n) is 90.8. The van der Waals surface area contributed by atoms with Gasteiger partial charge in [-0.25, -0.2) is 0 Å². The lowest BCUT2D eigenvalue weighted by Gasteiger charge is -2.32. The van der Waals surface area contributed by atoms with Crippen LogP contribution in [-0.4, -0.2) is 0 Å². The maximum absolute atomic E-state index is 7.91. The molecule has 0 radical (unpaired) electrons. The van der Waals surface area contributed by atoms with Crippen LogP contribution in [0.15, 0.2) is 164 Å². The Morgan fingerprint density at radius 3 is 0.564 bits per heavy atom. The van der Waals surface area contributed by atoms with Gasteiger partial charge in [0.05, 0.1) is 5.48 Å². The monoisotopic (exact) mass is 1600 g/mol. The van der Waals surface area contributed by atoms with Gasteiger partial charge in [-0.1, -0.05) is 502 Å². The van der Waals surface area contributed by atoms with Crippen LogP contribution in [0.25, 0.3) is 0 Å². The first-order valence-electron chi connectivity index (χ1n) is 46.3. The third kappa shape index (κ3) is 36.5. The average Bonchev–Trinajstić information content (AvgIpc) is 0.777. The van der Waals surface area contributed by atoms with Gasteiger partial charge in [-0.15, -0.1) is 0 Å². The fourth-order valence-corrected chi connectivity index (χ4v) is 14.6. The zero-order chi connectivity index (χ0) is 95.7. The summed E-state index contributed by atoms with van der Waals surface area (Å²) in [6.45, 7) is 119. The molecule has 0 saturated carbocycles. The quantitative estimate of drug-likeness (QED) is 0.142. The molecule has 0 amide bonds. The molecule has 0 aliphatic heterocycles. The van der Waals surface area contributed by atoms with Crippen LogP contribution < -0.4 is 0 Å². The Labute approximate surface area is 735 Å². The minimum absolute atomic E-state index is 0.00185. The summed E-state index contributed by atoms with van der Waals surface area (Å²) < 4.78 is 31.0. The second-order valence-electron chi connectivity index (χ2n) is 50.5. The van der Waals surface area contributed by atoms with Crippen molar-refractivity contribution in [3.8, 4) is 0 Å². The Morgan fingerprint density at radius 1 is 0.171 bits per heavy atom. The Balaban J connectivity index is 0.000000694. The average molecular weight is 1600 g/mol. The first-order chi connectivity index (χ1) is 53.4. The summed E-state index contributed by atoms with van der Waals surface area (Å²) in [5, 5.41) is 0. The van der Waals surface area contributed by atoms with E-state index in [1.165, 1.54) is 106 Å². The fraction of sp³-hybridized carbons (Fsp3) is 0.590. The van der Waals surface area contributed by atoms with Gasteiger partial charge in [0.25, 0.3) is 0 Å².